The predicted molar refractivity (Wildman–Crippen MR) is 143 cm³/mol. The molecule has 2 saturated heterocycles. The number of nitrogens with zero attached hydrogens (tertiary/aromatic N) is 1. The fourth-order valence-electron chi connectivity index (χ4n) is 3.87. The molecule has 0 radical (unpaired) electrons. The first kappa shape index (κ1) is 30.8. The Bertz CT molecular complexity index is 1240. The van der Waals surface area contributed by atoms with Crippen molar-refractivity contribution in [3.05, 3.63) is 38.7 Å². The van der Waals surface area contributed by atoms with E-state index in [1.54, 1.807) is 12.1 Å². The molecular formula is C24H23Cl2NO10S2. The number of carbonyl (C=O) groups is 5. The van der Waals surface area contributed by atoms with Crippen molar-refractivity contribution < 1.29 is 47.7 Å². The molecule has 0 unspecified atom stereocenters. The Hall–Kier alpha value is -2.71. The van der Waals surface area contributed by atoms with Gasteiger partial charge in [0.05, 0.1) is 4.91 Å². The highest BCUT2D eigenvalue weighted by Crippen LogP contribution is 2.40. The Labute approximate surface area is 243 Å². The van der Waals surface area contributed by atoms with Crippen LogP contribution < -0.4 is 0 Å². The summed E-state index contributed by atoms with van der Waals surface area (Å²) < 4.78 is 27.3. The van der Waals surface area contributed by atoms with Gasteiger partial charge in [0, 0.05) is 37.7 Å². The monoisotopic (exact) mass is 619 g/mol. The normalized spacial score (nSPS) is 25.8. The van der Waals surface area contributed by atoms with Gasteiger partial charge in [0.15, 0.2) is 28.9 Å². The van der Waals surface area contributed by atoms with Crippen LogP contribution in [0.2, 0.25) is 10.0 Å². The van der Waals surface area contributed by atoms with E-state index < -0.39 is 67.0 Å². The van der Waals surface area contributed by atoms with Crippen LogP contribution in [0.25, 0.3) is 6.08 Å². The topological polar surface area (TPSA) is 135 Å². The summed E-state index contributed by atoms with van der Waals surface area (Å²) in [5, 5.41) is 0.697. The van der Waals surface area contributed by atoms with Crippen molar-refractivity contribution in [3.63, 3.8) is 0 Å². The molecule has 15 heteroatoms. The van der Waals surface area contributed by atoms with Crippen molar-refractivity contribution in [2.45, 2.75) is 58.3 Å². The minimum atomic E-state index is -1.48. The first-order valence-corrected chi connectivity index (χ1v) is 13.3. The van der Waals surface area contributed by atoms with E-state index in [1.165, 1.54) is 12.1 Å². The first-order chi connectivity index (χ1) is 18.3. The van der Waals surface area contributed by atoms with E-state index in [-0.39, 0.29) is 9.23 Å². The summed E-state index contributed by atoms with van der Waals surface area (Å²) in [4.78, 5) is 62.4. The molecule has 1 amide bonds. The molecule has 3 rings (SSSR count). The lowest BCUT2D eigenvalue weighted by molar-refractivity contribution is -0.268. The summed E-state index contributed by atoms with van der Waals surface area (Å²) in [5.41, 5.74) is 0.489. The maximum atomic E-state index is 13.6. The Morgan fingerprint density at radius 1 is 0.974 bits per heavy atom. The zero-order valence-corrected chi connectivity index (χ0v) is 24.2. The molecule has 2 aliphatic heterocycles. The molecule has 5 atom stereocenters. The molecule has 2 heterocycles. The van der Waals surface area contributed by atoms with E-state index in [9.17, 15) is 24.0 Å². The van der Waals surface area contributed by atoms with Crippen LogP contribution in [0.1, 0.15) is 33.3 Å². The van der Waals surface area contributed by atoms with Gasteiger partial charge in [-0.3, -0.25) is 28.9 Å². The summed E-state index contributed by atoms with van der Waals surface area (Å²) in [7, 11) is 0. The van der Waals surface area contributed by atoms with Crippen LogP contribution in [0.3, 0.4) is 0 Å². The zero-order chi connectivity index (χ0) is 29.0. The molecule has 210 valence electrons. The van der Waals surface area contributed by atoms with Crippen LogP contribution in [0.5, 0.6) is 0 Å². The standard InChI is InChI=1S/C24H23Cl2NO10S2/c1-10(28)33-9-17-19(34-11(2)29)20(35-12(3)30)21(36-13(4)31)23(37-17)27-22(32)18(39-24(27)38)7-14-5-6-15(25)8-16(14)26/h5-8,17,19-21,23H,9H2,1-4H3/b18-7+/t17-,19-,20-,21-,23+/m0/s1. The van der Waals surface area contributed by atoms with Crippen LogP contribution in [-0.4, -0.2) is 76.3 Å². The number of hydrogen-bond acceptors (Lipinski definition) is 12. The summed E-state index contributed by atoms with van der Waals surface area (Å²) >= 11 is 18.6. The van der Waals surface area contributed by atoms with Gasteiger partial charge >= 0.3 is 23.9 Å². The van der Waals surface area contributed by atoms with Crippen molar-refractivity contribution >= 4 is 87.4 Å². The molecule has 0 spiro atoms. The van der Waals surface area contributed by atoms with Crippen molar-refractivity contribution in [1.82, 2.24) is 4.90 Å². The Morgan fingerprint density at radius 2 is 1.56 bits per heavy atom. The largest absolute Gasteiger partial charge is 0.463 e. The van der Waals surface area contributed by atoms with Crippen LogP contribution in [0.15, 0.2) is 23.1 Å². The predicted octanol–water partition coefficient (Wildman–Crippen LogP) is 3.28. The maximum Gasteiger partial charge on any atom is 0.303 e. The van der Waals surface area contributed by atoms with Gasteiger partial charge in [0.1, 0.15) is 12.7 Å². The molecular weight excluding hydrogens is 597 g/mol. The molecule has 1 aromatic carbocycles. The van der Waals surface area contributed by atoms with Gasteiger partial charge in [-0.15, -0.1) is 0 Å². The van der Waals surface area contributed by atoms with Gasteiger partial charge in [0.2, 0.25) is 0 Å². The average molecular weight is 620 g/mol. The number of benzene rings is 1. The van der Waals surface area contributed by atoms with E-state index in [0.717, 1.165) is 44.4 Å². The Morgan fingerprint density at radius 3 is 2.13 bits per heavy atom. The minimum Gasteiger partial charge on any atom is -0.463 e. The SMILES string of the molecule is CC(=O)OC[C@@H]1O[C@@H](N2C(=O)/C(=C\c3ccc(Cl)cc3Cl)SC2=S)[C@@H](OC(C)=O)[C@@H](OC(C)=O)[C@H]1OC(C)=O. The molecule has 39 heavy (non-hydrogen) atoms. The number of esters is 4. The second-order valence-electron chi connectivity index (χ2n) is 8.31. The summed E-state index contributed by atoms with van der Waals surface area (Å²) in [6.45, 7) is 4.01. The third-order valence-corrected chi connectivity index (χ3v) is 7.19. The Kier molecular flexibility index (Phi) is 10.4. The third kappa shape index (κ3) is 7.70. The van der Waals surface area contributed by atoms with Crippen molar-refractivity contribution in [3.8, 4) is 0 Å². The molecule has 11 nitrogen and oxygen atoms in total. The van der Waals surface area contributed by atoms with Gasteiger partial charge in [-0.25, -0.2) is 0 Å². The number of rotatable bonds is 7. The fraction of sp³-hybridized carbons (Fsp3) is 0.417. The summed E-state index contributed by atoms with van der Waals surface area (Å²) in [5.74, 6) is -3.68. The lowest BCUT2D eigenvalue weighted by Crippen LogP contribution is -2.66. The second-order valence-corrected chi connectivity index (χ2v) is 10.8. The molecule has 0 saturated carbocycles. The van der Waals surface area contributed by atoms with Crippen LogP contribution in [0.4, 0.5) is 0 Å². The molecule has 0 aliphatic carbocycles. The number of carbonyl (C=O) groups excluding carboxylic acids is 5. The van der Waals surface area contributed by atoms with Gasteiger partial charge in [-0.1, -0.05) is 53.2 Å². The molecule has 2 fully saturated rings. The maximum absolute atomic E-state index is 13.6. The second kappa shape index (κ2) is 13.1. The van der Waals surface area contributed by atoms with E-state index in [0.29, 0.717) is 15.6 Å². The quantitative estimate of drug-likeness (QED) is 0.192. The highest BCUT2D eigenvalue weighted by atomic mass is 35.5. The van der Waals surface area contributed by atoms with Crippen molar-refractivity contribution in [1.29, 1.82) is 0 Å². The molecule has 1 aromatic rings. The molecule has 0 bridgehead atoms. The minimum absolute atomic E-state index is 0.0252. The fourth-order valence-corrected chi connectivity index (χ4v) is 5.64. The number of hydrogen-bond donors (Lipinski definition) is 0. The highest BCUT2D eigenvalue weighted by Gasteiger charge is 2.56. The van der Waals surface area contributed by atoms with Gasteiger partial charge in [-0.05, 0) is 23.8 Å². The third-order valence-electron chi connectivity index (χ3n) is 5.29. The molecule has 0 aromatic heterocycles. The highest BCUT2D eigenvalue weighted by molar-refractivity contribution is 8.26. The van der Waals surface area contributed by atoms with Gasteiger partial charge in [0.25, 0.3) is 5.91 Å². The number of halogens is 2. The van der Waals surface area contributed by atoms with Crippen LogP contribution in [0, 0.1) is 0 Å². The molecule has 2 aliphatic rings. The number of amides is 1. The average Bonchev–Trinajstić information content (AvgIpc) is 3.09. The van der Waals surface area contributed by atoms with E-state index in [1.807, 2.05) is 0 Å². The van der Waals surface area contributed by atoms with Crippen LogP contribution in [-0.2, 0) is 47.7 Å². The zero-order valence-electron chi connectivity index (χ0n) is 21.0. The molecule has 0 N–H and O–H groups in total. The Balaban J connectivity index is 2.06. The lowest BCUT2D eigenvalue weighted by atomic mass is 9.96. The van der Waals surface area contributed by atoms with Crippen LogP contribution >= 0.6 is 47.2 Å². The van der Waals surface area contributed by atoms with Gasteiger partial charge < -0.3 is 23.7 Å². The van der Waals surface area contributed by atoms with E-state index in [2.05, 4.69) is 0 Å². The van der Waals surface area contributed by atoms with E-state index in [4.69, 9.17) is 59.1 Å². The first-order valence-electron chi connectivity index (χ1n) is 11.3. The van der Waals surface area contributed by atoms with Crippen molar-refractivity contribution in [2.24, 2.45) is 0 Å². The van der Waals surface area contributed by atoms with E-state index >= 15 is 0 Å². The lowest BCUT2D eigenvalue weighted by Gasteiger charge is -2.46. The summed E-state index contributed by atoms with van der Waals surface area (Å²) in [6, 6.07) is 4.72. The number of ether oxygens (including phenoxy) is 5. The van der Waals surface area contributed by atoms with Gasteiger partial charge in [-0.2, -0.15) is 0 Å². The van der Waals surface area contributed by atoms with Crippen molar-refractivity contribution in [2.75, 3.05) is 6.61 Å². The summed E-state index contributed by atoms with van der Waals surface area (Å²) in [6.07, 6.45) is -5.49. The smallest absolute Gasteiger partial charge is 0.303 e. The number of thioether (sulfide) groups is 1. The number of thiocarbonyl (C=S) groups is 1.